The van der Waals surface area contributed by atoms with Crippen molar-refractivity contribution < 1.29 is 24.5 Å². The van der Waals surface area contributed by atoms with Gasteiger partial charge in [0.25, 0.3) is 5.91 Å². The second-order valence-corrected chi connectivity index (χ2v) is 7.09. The van der Waals surface area contributed by atoms with Crippen LogP contribution in [0.1, 0.15) is 5.56 Å². The summed E-state index contributed by atoms with van der Waals surface area (Å²) in [5.41, 5.74) is 2.59. The van der Waals surface area contributed by atoms with Gasteiger partial charge in [0, 0.05) is 11.4 Å². The number of phenols is 1. The number of rotatable bonds is 8. The molecule has 6 nitrogen and oxygen atoms in total. The molecule has 0 fully saturated rings. The van der Waals surface area contributed by atoms with Gasteiger partial charge in [0.1, 0.15) is 17.5 Å². The van der Waals surface area contributed by atoms with E-state index in [1.165, 1.54) is 12.1 Å². The van der Waals surface area contributed by atoms with Crippen molar-refractivity contribution in [3.63, 3.8) is 0 Å². The molecule has 0 spiro atoms. The zero-order valence-electron chi connectivity index (χ0n) is 15.9. The largest absolute Gasteiger partial charge is 0.508 e. The first-order valence-corrected chi connectivity index (χ1v) is 9.57. The summed E-state index contributed by atoms with van der Waals surface area (Å²) in [4.78, 5) is 23.6. The molecule has 0 saturated carbocycles. The molecule has 3 aromatic carbocycles. The van der Waals surface area contributed by atoms with Crippen molar-refractivity contribution >= 4 is 23.5 Å². The summed E-state index contributed by atoms with van der Waals surface area (Å²) >= 11 is 6.01. The molecule has 1 atom stereocenters. The normalized spacial score (nSPS) is 11.5. The SMILES string of the molecule is O=C(COc1ccc(-c2cccc(Cl)c2)cc1)N[C@@H](Cc1ccc(O)cc1)C(=O)O. The van der Waals surface area contributed by atoms with Crippen LogP contribution in [0.5, 0.6) is 11.5 Å². The average Bonchev–Trinajstić information content (AvgIpc) is 2.73. The Bertz CT molecular complexity index is 1020. The van der Waals surface area contributed by atoms with E-state index in [9.17, 15) is 19.8 Å². The maximum absolute atomic E-state index is 12.1. The molecule has 0 aromatic heterocycles. The minimum Gasteiger partial charge on any atom is -0.508 e. The van der Waals surface area contributed by atoms with Gasteiger partial charge < -0.3 is 20.3 Å². The Morgan fingerprint density at radius 2 is 1.67 bits per heavy atom. The van der Waals surface area contributed by atoms with Gasteiger partial charge in [-0.15, -0.1) is 0 Å². The third-order valence-corrected chi connectivity index (χ3v) is 4.63. The van der Waals surface area contributed by atoms with Gasteiger partial charge in [-0.3, -0.25) is 4.79 Å². The minimum absolute atomic E-state index is 0.0874. The van der Waals surface area contributed by atoms with Gasteiger partial charge in [-0.2, -0.15) is 0 Å². The van der Waals surface area contributed by atoms with E-state index >= 15 is 0 Å². The van der Waals surface area contributed by atoms with Crippen molar-refractivity contribution in [2.45, 2.75) is 12.5 Å². The standard InChI is InChI=1S/C23H20ClNO5/c24-18-3-1-2-17(13-18)16-6-10-20(11-7-16)30-14-22(27)25-21(23(28)29)12-15-4-8-19(26)9-5-15/h1-11,13,21,26H,12,14H2,(H,25,27)(H,28,29)/t21-/m0/s1. The van der Waals surface area contributed by atoms with Gasteiger partial charge in [-0.05, 0) is 53.1 Å². The fourth-order valence-corrected chi connectivity index (χ4v) is 3.05. The summed E-state index contributed by atoms with van der Waals surface area (Å²) in [7, 11) is 0. The number of carboxylic acid groups (broad SMARTS) is 1. The highest BCUT2D eigenvalue weighted by Gasteiger charge is 2.20. The number of carbonyl (C=O) groups is 2. The summed E-state index contributed by atoms with van der Waals surface area (Å²) in [5, 5.41) is 21.8. The third-order valence-electron chi connectivity index (χ3n) is 4.39. The number of carbonyl (C=O) groups excluding carboxylic acids is 1. The van der Waals surface area contributed by atoms with Crippen molar-refractivity contribution in [2.75, 3.05) is 6.61 Å². The predicted octanol–water partition coefficient (Wildman–Crippen LogP) is 3.90. The smallest absolute Gasteiger partial charge is 0.326 e. The van der Waals surface area contributed by atoms with Crippen molar-refractivity contribution in [2.24, 2.45) is 0 Å². The number of hydrogen-bond donors (Lipinski definition) is 3. The minimum atomic E-state index is -1.15. The van der Waals surface area contributed by atoms with Crippen molar-refractivity contribution in [3.8, 4) is 22.6 Å². The Labute approximate surface area is 178 Å². The monoisotopic (exact) mass is 425 g/mol. The number of benzene rings is 3. The highest BCUT2D eigenvalue weighted by molar-refractivity contribution is 6.30. The summed E-state index contributed by atoms with van der Waals surface area (Å²) in [6, 6.07) is 19.7. The molecule has 0 aliphatic carbocycles. The van der Waals surface area contributed by atoms with Crippen molar-refractivity contribution in [1.82, 2.24) is 5.32 Å². The Hall–Kier alpha value is -3.51. The van der Waals surface area contributed by atoms with E-state index in [2.05, 4.69) is 5.32 Å². The number of halogens is 1. The number of aromatic hydroxyl groups is 1. The zero-order valence-corrected chi connectivity index (χ0v) is 16.7. The van der Waals surface area contributed by atoms with Crippen LogP contribution in [0.3, 0.4) is 0 Å². The highest BCUT2D eigenvalue weighted by Crippen LogP contribution is 2.24. The Kier molecular flexibility index (Phi) is 6.93. The highest BCUT2D eigenvalue weighted by atomic mass is 35.5. The fourth-order valence-electron chi connectivity index (χ4n) is 2.86. The quantitative estimate of drug-likeness (QED) is 0.508. The molecule has 0 bridgehead atoms. The second kappa shape index (κ2) is 9.80. The molecule has 154 valence electrons. The number of phenolic OH excluding ortho intramolecular Hbond substituents is 1. The number of aliphatic carboxylic acids is 1. The summed E-state index contributed by atoms with van der Waals surface area (Å²) in [6.07, 6.45) is 0.0929. The molecule has 3 rings (SSSR count). The van der Waals surface area contributed by atoms with Crippen LogP contribution in [-0.4, -0.2) is 34.7 Å². The summed E-state index contributed by atoms with van der Waals surface area (Å²) < 4.78 is 5.46. The topological polar surface area (TPSA) is 95.9 Å². The van der Waals surface area contributed by atoms with E-state index in [0.717, 1.165) is 11.1 Å². The van der Waals surface area contributed by atoms with Crippen LogP contribution < -0.4 is 10.1 Å². The second-order valence-electron chi connectivity index (χ2n) is 6.65. The van der Waals surface area contributed by atoms with Crippen LogP contribution in [-0.2, 0) is 16.0 Å². The van der Waals surface area contributed by atoms with E-state index in [1.807, 2.05) is 30.3 Å². The molecule has 0 heterocycles. The third kappa shape index (κ3) is 5.99. The molecule has 3 N–H and O–H groups in total. The van der Waals surface area contributed by atoms with Gasteiger partial charge in [-0.25, -0.2) is 4.79 Å². The molecular formula is C23H20ClNO5. The van der Waals surface area contributed by atoms with E-state index in [1.54, 1.807) is 30.3 Å². The van der Waals surface area contributed by atoms with Crippen LogP contribution in [0, 0.1) is 0 Å². The van der Waals surface area contributed by atoms with Crippen LogP contribution in [0.2, 0.25) is 5.02 Å². The Morgan fingerprint density at radius 1 is 0.967 bits per heavy atom. The molecular weight excluding hydrogens is 406 g/mol. The van der Waals surface area contributed by atoms with Gasteiger partial charge in [0.2, 0.25) is 0 Å². The lowest BCUT2D eigenvalue weighted by Gasteiger charge is -2.15. The van der Waals surface area contributed by atoms with Crippen molar-refractivity contribution in [3.05, 3.63) is 83.4 Å². The Balaban J connectivity index is 1.54. The van der Waals surface area contributed by atoms with Gasteiger partial charge in [0.15, 0.2) is 6.61 Å². The lowest BCUT2D eigenvalue weighted by molar-refractivity contribution is -0.142. The maximum Gasteiger partial charge on any atom is 0.326 e. The maximum atomic E-state index is 12.1. The molecule has 7 heteroatoms. The van der Waals surface area contributed by atoms with Gasteiger partial charge in [-0.1, -0.05) is 48.0 Å². The summed E-state index contributed by atoms with van der Waals surface area (Å²) in [6.45, 7) is -0.310. The molecule has 3 aromatic rings. The van der Waals surface area contributed by atoms with E-state index in [0.29, 0.717) is 16.3 Å². The molecule has 0 radical (unpaired) electrons. The lowest BCUT2D eigenvalue weighted by atomic mass is 10.1. The number of amides is 1. The molecule has 0 saturated heterocycles. The predicted molar refractivity (Wildman–Crippen MR) is 114 cm³/mol. The molecule has 0 unspecified atom stereocenters. The average molecular weight is 426 g/mol. The number of hydrogen-bond acceptors (Lipinski definition) is 4. The van der Waals surface area contributed by atoms with Crippen LogP contribution in [0.4, 0.5) is 0 Å². The zero-order chi connectivity index (χ0) is 21.5. The summed E-state index contributed by atoms with van der Waals surface area (Å²) in [5.74, 6) is -1.12. The van der Waals surface area contributed by atoms with Gasteiger partial charge >= 0.3 is 5.97 Å². The first kappa shape index (κ1) is 21.2. The molecule has 0 aliphatic rings. The number of ether oxygens (including phenoxy) is 1. The fraction of sp³-hybridized carbons (Fsp3) is 0.130. The van der Waals surface area contributed by atoms with Gasteiger partial charge in [0.05, 0.1) is 0 Å². The van der Waals surface area contributed by atoms with Crippen LogP contribution >= 0.6 is 11.6 Å². The first-order chi connectivity index (χ1) is 14.4. The molecule has 30 heavy (non-hydrogen) atoms. The number of nitrogens with one attached hydrogen (secondary N) is 1. The number of carboxylic acids is 1. The Morgan fingerprint density at radius 3 is 2.30 bits per heavy atom. The van der Waals surface area contributed by atoms with Crippen molar-refractivity contribution in [1.29, 1.82) is 0 Å². The first-order valence-electron chi connectivity index (χ1n) is 9.19. The van der Waals surface area contributed by atoms with E-state index < -0.39 is 17.9 Å². The molecule has 1 amide bonds. The van der Waals surface area contributed by atoms with E-state index in [-0.39, 0.29) is 18.8 Å². The lowest BCUT2D eigenvalue weighted by Crippen LogP contribution is -2.44. The van der Waals surface area contributed by atoms with E-state index in [4.69, 9.17) is 16.3 Å². The van der Waals surface area contributed by atoms with Crippen LogP contribution in [0.25, 0.3) is 11.1 Å². The molecule has 0 aliphatic heterocycles. The van der Waals surface area contributed by atoms with Crippen LogP contribution in [0.15, 0.2) is 72.8 Å².